The van der Waals surface area contributed by atoms with E-state index in [1.54, 1.807) is 4.98 Å². The van der Waals surface area contributed by atoms with Crippen LogP contribution in [0.3, 0.4) is 0 Å². The molecule has 0 radical (unpaired) electrons. The number of hydrogen-bond acceptors (Lipinski definition) is 2. The predicted molar refractivity (Wildman–Crippen MR) is 43.4 cm³/mol. The lowest BCUT2D eigenvalue weighted by atomic mass is 10.1. The van der Waals surface area contributed by atoms with Crippen molar-refractivity contribution >= 4 is 0 Å². The summed E-state index contributed by atoms with van der Waals surface area (Å²) in [7, 11) is 0. The quantitative estimate of drug-likeness (QED) is 0.811. The highest BCUT2D eigenvalue weighted by Crippen LogP contribution is 2.32. The fourth-order valence-corrected chi connectivity index (χ4v) is 1.14. The maximum Gasteiger partial charge on any atom is 0.574 e. The minimum Gasteiger partial charge on any atom is -0.389 e. The summed E-state index contributed by atoms with van der Waals surface area (Å²) in [6.07, 6.45) is -8.31. The number of alkyl halides is 5. The summed E-state index contributed by atoms with van der Waals surface area (Å²) >= 11 is 0. The lowest BCUT2D eigenvalue weighted by Gasteiger charge is -2.13. The Morgan fingerprint density at radius 2 is 1.94 bits per heavy atom. The number of aryl methyl sites for hydroxylation is 1. The molecule has 1 heterocycles. The molecule has 1 aromatic rings. The van der Waals surface area contributed by atoms with Crippen molar-refractivity contribution in [1.82, 2.24) is 4.98 Å². The van der Waals surface area contributed by atoms with E-state index in [0.29, 0.717) is 0 Å². The number of aromatic nitrogens is 1. The minimum atomic E-state index is -5.14. The molecule has 16 heavy (non-hydrogen) atoms. The molecule has 0 aromatic carbocycles. The molecule has 0 fully saturated rings. The fourth-order valence-electron chi connectivity index (χ4n) is 1.14. The van der Waals surface area contributed by atoms with E-state index < -0.39 is 29.8 Å². The molecule has 0 aliphatic rings. The van der Waals surface area contributed by atoms with E-state index in [9.17, 15) is 26.7 Å². The lowest BCUT2D eigenvalue weighted by molar-refractivity contribution is -0.276. The monoisotopic (exact) mass is 243 g/mol. The Kier molecular flexibility index (Phi) is 3.20. The molecule has 0 spiro atoms. The van der Waals surface area contributed by atoms with Gasteiger partial charge in [-0.25, -0.2) is 8.78 Å². The molecular weight excluding hydrogens is 237 g/mol. The van der Waals surface area contributed by atoms with E-state index in [-0.39, 0.29) is 5.56 Å². The summed E-state index contributed by atoms with van der Waals surface area (Å²) in [5.41, 5.74) is -2.18. The molecule has 8 heteroatoms. The summed E-state index contributed by atoms with van der Waals surface area (Å²) in [6.45, 7) is 1.10. The smallest absolute Gasteiger partial charge is 0.389 e. The summed E-state index contributed by atoms with van der Waals surface area (Å²) in [4.78, 5) is 12.4. The van der Waals surface area contributed by atoms with E-state index in [1.165, 1.54) is 0 Å². The average molecular weight is 243 g/mol. The zero-order valence-corrected chi connectivity index (χ0v) is 7.86. The molecule has 0 atom stereocenters. The first-order chi connectivity index (χ1) is 7.20. The van der Waals surface area contributed by atoms with Crippen LogP contribution >= 0.6 is 0 Å². The zero-order chi connectivity index (χ0) is 12.5. The molecular formula is C8H6F5NO2. The normalized spacial score (nSPS) is 11.9. The third kappa shape index (κ3) is 2.94. The second kappa shape index (κ2) is 4.11. The van der Waals surface area contributed by atoms with Gasteiger partial charge in [0.15, 0.2) is 0 Å². The molecule has 90 valence electrons. The van der Waals surface area contributed by atoms with Crippen LogP contribution in [-0.4, -0.2) is 11.3 Å². The second-order valence-corrected chi connectivity index (χ2v) is 2.91. The predicted octanol–water partition coefficient (Wildman–Crippen LogP) is 2.52. The topological polar surface area (TPSA) is 42.1 Å². The first-order valence-corrected chi connectivity index (χ1v) is 3.98. The van der Waals surface area contributed by atoms with Crippen molar-refractivity contribution < 1.29 is 26.7 Å². The van der Waals surface area contributed by atoms with Crippen LogP contribution in [0.4, 0.5) is 22.0 Å². The molecule has 0 saturated carbocycles. The van der Waals surface area contributed by atoms with Crippen molar-refractivity contribution in [2.45, 2.75) is 19.7 Å². The van der Waals surface area contributed by atoms with Gasteiger partial charge < -0.3 is 4.74 Å². The number of rotatable bonds is 2. The van der Waals surface area contributed by atoms with Gasteiger partial charge in [0.1, 0.15) is 0 Å². The van der Waals surface area contributed by atoms with Gasteiger partial charge in [-0.1, -0.05) is 0 Å². The van der Waals surface area contributed by atoms with Crippen LogP contribution in [-0.2, 0) is 0 Å². The fraction of sp³-hybridized carbons (Fsp3) is 0.375. The Balaban J connectivity index is 3.30. The first-order valence-electron chi connectivity index (χ1n) is 3.98. The van der Waals surface area contributed by atoms with Gasteiger partial charge in [-0.2, -0.15) is 0 Å². The summed E-state index contributed by atoms with van der Waals surface area (Å²) < 4.78 is 63.7. The van der Waals surface area contributed by atoms with Crippen LogP contribution in [0.5, 0.6) is 5.88 Å². The van der Waals surface area contributed by atoms with Crippen LogP contribution in [0.15, 0.2) is 10.9 Å². The SMILES string of the molecule is Cc1cc(=O)[nH]c(OC(F)(F)F)c1C(F)F. The van der Waals surface area contributed by atoms with Crippen molar-refractivity contribution in [2.75, 3.05) is 0 Å². The molecule has 1 rings (SSSR count). The second-order valence-electron chi connectivity index (χ2n) is 2.91. The highest BCUT2D eigenvalue weighted by Gasteiger charge is 2.34. The van der Waals surface area contributed by atoms with Gasteiger partial charge >= 0.3 is 6.36 Å². The summed E-state index contributed by atoms with van der Waals surface area (Å²) in [5, 5.41) is 0. The van der Waals surface area contributed by atoms with Gasteiger partial charge in [0.05, 0.1) is 5.56 Å². The van der Waals surface area contributed by atoms with E-state index >= 15 is 0 Å². The Bertz CT molecular complexity index is 437. The standard InChI is InChI=1S/C8H6F5NO2/c1-3-2-4(15)14-7(5(3)6(9)10)16-8(11,12)13/h2,6H,1H3,(H,14,15). The van der Waals surface area contributed by atoms with Gasteiger partial charge in [0.25, 0.3) is 12.0 Å². The van der Waals surface area contributed by atoms with Crippen molar-refractivity contribution in [3.8, 4) is 5.88 Å². The maximum absolute atomic E-state index is 12.4. The number of aromatic amines is 1. The number of H-pyrrole nitrogens is 1. The Labute approximate surface area is 85.8 Å². The van der Waals surface area contributed by atoms with E-state index in [2.05, 4.69) is 4.74 Å². The van der Waals surface area contributed by atoms with E-state index in [0.717, 1.165) is 13.0 Å². The molecule has 0 amide bonds. The van der Waals surface area contributed by atoms with E-state index in [4.69, 9.17) is 0 Å². The third-order valence-corrected chi connectivity index (χ3v) is 1.69. The number of hydrogen-bond donors (Lipinski definition) is 1. The highest BCUT2D eigenvalue weighted by molar-refractivity contribution is 5.34. The Morgan fingerprint density at radius 3 is 2.38 bits per heavy atom. The Hall–Kier alpha value is -1.60. The van der Waals surface area contributed by atoms with Crippen LogP contribution in [0.1, 0.15) is 17.6 Å². The van der Waals surface area contributed by atoms with Gasteiger partial charge in [0, 0.05) is 6.07 Å². The van der Waals surface area contributed by atoms with Crippen molar-refractivity contribution in [3.05, 3.63) is 27.5 Å². The third-order valence-electron chi connectivity index (χ3n) is 1.69. The van der Waals surface area contributed by atoms with Crippen LogP contribution in [0.25, 0.3) is 0 Å². The minimum absolute atomic E-state index is 0.266. The van der Waals surface area contributed by atoms with Crippen LogP contribution < -0.4 is 10.3 Å². The molecule has 0 bridgehead atoms. The number of ether oxygens (including phenoxy) is 1. The van der Waals surface area contributed by atoms with Gasteiger partial charge in [0.2, 0.25) is 5.88 Å². The Morgan fingerprint density at radius 1 is 1.38 bits per heavy atom. The van der Waals surface area contributed by atoms with Crippen LogP contribution in [0.2, 0.25) is 0 Å². The molecule has 0 unspecified atom stereocenters. The summed E-state index contributed by atoms with van der Waals surface area (Å²) in [6, 6.07) is 0.769. The van der Waals surface area contributed by atoms with E-state index in [1.807, 2.05) is 0 Å². The van der Waals surface area contributed by atoms with Crippen molar-refractivity contribution in [3.63, 3.8) is 0 Å². The number of halogens is 5. The molecule has 0 aliphatic heterocycles. The molecule has 3 nitrogen and oxygen atoms in total. The summed E-state index contributed by atoms with van der Waals surface area (Å²) in [5.74, 6) is -1.27. The van der Waals surface area contributed by atoms with Gasteiger partial charge in [-0.05, 0) is 12.5 Å². The largest absolute Gasteiger partial charge is 0.574 e. The lowest BCUT2D eigenvalue weighted by Crippen LogP contribution is -2.22. The van der Waals surface area contributed by atoms with Gasteiger partial charge in [-0.3, -0.25) is 9.78 Å². The number of nitrogens with one attached hydrogen (secondary N) is 1. The molecule has 1 aromatic heterocycles. The number of pyridine rings is 1. The van der Waals surface area contributed by atoms with Crippen molar-refractivity contribution in [1.29, 1.82) is 0 Å². The highest BCUT2D eigenvalue weighted by atomic mass is 19.4. The molecule has 0 saturated heterocycles. The molecule has 1 N–H and O–H groups in total. The molecule has 0 aliphatic carbocycles. The zero-order valence-electron chi connectivity index (χ0n) is 7.86. The maximum atomic E-state index is 12.4. The first kappa shape index (κ1) is 12.5. The van der Waals surface area contributed by atoms with Gasteiger partial charge in [-0.15, -0.1) is 13.2 Å². The average Bonchev–Trinajstić information content (AvgIpc) is 1.96. The van der Waals surface area contributed by atoms with Crippen molar-refractivity contribution in [2.24, 2.45) is 0 Å². The van der Waals surface area contributed by atoms with Crippen LogP contribution in [0, 0.1) is 6.92 Å².